The summed E-state index contributed by atoms with van der Waals surface area (Å²) in [6, 6.07) is 10.0. The Bertz CT molecular complexity index is 1090. The van der Waals surface area contributed by atoms with Gasteiger partial charge in [-0.3, -0.25) is 4.79 Å². The summed E-state index contributed by atoms with van der Waals surface area (Å²) in [6.45, 7) is 0.670. The second kappa shape index (κ2) is 7.94. The number of nitrogens with zero attached hydrogens (tertiary/aromatic N) is 4. The van der Waals surface area contributed by atoms with Crippen LogP contribution in [0.3, 0.4) is 0 Å². The topological polar surface area (TPSA) is 80.2 Å². The normalized spacial score (nSPS) is 21.9. The number of carbonyl (C=O) groups is 1. The first-order valence-corrected chi connectivity index (χ1v) is 10.3. The Labute approximate surface area is 179 Å². The number of benzene rings is 1. The van der Waals surface area contributed by atoms with E-state index >= 15 is 0 Å². The van der Waals surface area contributed by atoms with Gasteiger partial charge in [0.25, 0.3) is 5.91 Å². The van der Waals surface area contributed by atoms with E-state index in [1.54, 1.807) is 43.9 Å². The van der Waals surface area contributed by atoms with Crippen molar-refractivity contribution in [2.24, 2.45) is 5.92 Å². The van der Waals surface area contributed by atoms with Gasteiger partial charge in [-0.25, -0.2) is 19.3 Å². The molecule has 0 spiro atoms. The molecule has 0 radical (unpaired) electrons. The highest BCUT2D eigenvalue weighted by atomic mass is 19.1. The molecule has 2 fully saturated rings. The number of anilines is 1. The van der Waals surface area contributed by atoms with Gasteiger partial charge in [-0.15, -0.1) is 0 Å². The Hall–Kier alpha value is -3.55. The van der Waals surface area contributed by atoms with Crippen molar-refractivity contribution < 1.29 is 13.9 Å². The number of aromatic nitrogens is 3. The van der Waals surface area contributed by atoms with E-state index in [4.69, 9.17) is 4.74 Å². The molecule has 3 atom stereocenters. The maximum atomic E-state index is 14.7. The number of likely N-dealkylation sites (tertiary alicyclic amines) is 1. The number of hydrogen-bond acceptors (Lipinski definition) is 6. The van der Waals surface area contributed by atoms with Gasteiger partial charge in [0.05, 0.1) is 30.5 Å². The fourth-order valence-corrected chi connectivity index (χ4v) is 4.70. The van der Waals surface area contributed by atoms with Crippen molar-refractivity contribution in [3.63, 3.8) is 0 Å². The van der Waals surface area contributed by atoms with Crippen LogP contribution in [0.5, 0.6) is 5.75 Å². The second-order valence-corrected chi connectivity index (χ2v) is 7.93. The molecule has 158 valence electrons. The minimum Gasteiger partial charge on any atom is -0.495 e. The molecule has 2 aliphatic rings. The van der Waals surface area contributed by atoms with Crippen LogP contribution < -0.4 is 10.1 Å². The zero-order valence-corrected chi connectivity index (χ0v) is 17.0. The average molecular weight is 419 g/mol. The summed E-state index contributed by atoms with van der Waals surface area (Å²) in [4.78, 5) is 28.1. The fraction of sp³-hybridized carbons (Fsp3) is 0.304. The summed E-state index contributed by atoms with van der Waals surface area (Å²) in [5.41, 5.74) is 0.442. The molecule has 2 aromatic heterocycles. The monoisotopic (exact) mass is 419 g/mol. The van der Waals surface area contributed by atoms with Gasteiger partial charge in [-0.05, 0) is 49.1 Å². The van der Waals surface area contributed by atoms with E-state index in [0.29, 0.717) is 23.8 Å². The van der Waals surface area contributed by atoms with Crippen LogP contribution in [0.4, 0.5) is 10.2 Å². The first-order chi connectivity index (χ1) is 15.1. The van der Waals surface area contributed by atoms with Crippen molar-refractivity contribution in [1.29, 1.82) is 0 Å². The summed E-state index contributed by atoms with van der Waals surface area (Å²) in [5.74, 6) is 1.37. The van der Waals surface area contributed by atoms with E-state index in [0.717, 1.165) is 18.7 Å². The van der Waals surface area contributed by atoms with Crippen LogP contribution in [0.2, 0.25) is 0 Å². The summed E-state index contributed by atoms with van der Waals surface area (Å²) in [7, 11) is 1.60. The molecule has 2 bridgehead atoms. The fourth-order valence-electron chi connectivity index (χ4n) is 4.70. The van der Waals surface area contributed by atoms with Gasteiger partial charge in [-0.2, -0.15) is 0 Å². The summed E-state index contributed by atoms with van der Waals surface area (Å²) in [5, 5.41) is 3.46. The number of hydrogen-bond donors (Lipinski definition) is 1. The number of ether oxygens (including phenoxy) is 1. The van der Waals surface area contributed by atoms with Crippen LogP contribution in [0.25, 0.3) is 11.4 Å². The lowest BCUT2D eigenvalue weighted by Gasteiger charge is -2.34. The van der Waals surface area contributed by atoms with Gasteiger partial charge in [-0.1, -0.05) is 6.07 Å². The Kier molecular flexibility index (Phi) is 4.97. The number of amides is 1. The quantitative estimate of drug-likeness (QED) is 0.683. The molecule has 31 heavy (non-hydrogen) atoms. The lowest BCUT2D eigenvalue weighted by molar-refractivity contribution is 0.0692. The van der Waals surface area contributed by atoms with Gasteiger partial charge < -0.3 is 15.0 Å². The van der Waals surface area contributed by atoms with Gasteiger partial charge >= 0.3 is 0 Å². The van der Waals surface area contributed by atoms with Crippen molar-refractivity contribution in [2.75, 3.05) is 19.0 Å². The van der Waals surface area contributed by atoms with Crippen molar-refractivity contribution in [3.8, 4) is 17.1 Å². The van der Waals surface area contributed by atoms with Crippen LogP contribution in [0, 0.1) is 11.7 Å². The Morgan fingerprint density at radius 1 is 1.13 bits per heavy atom. The Morgan fingerprint density at radius 3 is 2.68 bits per heavy atom. The second-order valence-electron chi connectivity index (χ2n) is 7.93. The third-order valence-corrected chi connectivity index (χ3v) is 6.08. The standard InChI is InChI=1S/C23H22FN5O2/c1-31-15-6-7-20(27-12-15)28-18-10-14-11-19(18)29(13-14)23(30)16-4-2-5-17(24)21(16)22-25-8-3-9-26-22/h2-9,12,14,18-19H,10-11,13H2,1H3,(H,27,28)/t14-,18?,19?/m0/s1. The zero-order valence-electron chi connectivity index (χ0n) is 17.0. The van der Waals surface area contributed by atoms with Gasteiger partial charge in [0.1, 0.15) is 17.4 Å². The van der Waals surface area contributed by atoms with Crippen molar-refractivity contribution in [1.82, 2.24) is 19.9 Å². The van der Waals surface area contributed by atoms with Crippen molar-refractivity contribution in [2.45, 2.75) is 24.9 Å². The SMILES string of the molecule is COc1ccc(NC2C[C@H]3CC2N(C(=O)c2cccc(F)c2-c2ncccn2)C3)nc1. The van der Waals surface area contributed by atoms with Crippen LogP contribution in [0.15, 0.2) is 55.0 Å². The lowest BCUT2D eigenvalue weighted by atomic mass is 10.0. The molecule has 1 amide bonds. The number of piperidine rings is 1. The smallest absolute Gasteiger partial charge is 0.255 e. The van der Waals surface area contributed by atoms with E-state index in [9.17, 15) is 9.18 Å². The molecule has 8 heteroatoms. The average Bonchev–Trinajstić information content (AvgIpc) is 3.40. The molecule has 3 heterocycles. The molecular formula is C23H22FN5O2. The number of pyridine rings is 1. The molecule has 1 N–H and O–H groups in total. The number of halogens is 1. The van der Waals surface area contributed by atoms with Gasteiger partial charge in [0.2, 0.25) is 0 Å². The molecule has 7 nitrogen and oxygen atoms in total. The molecule has 1 aromatic carbocycles. The highest BCUT2D eigenvalue weighted by Crippen LogP contribution is 2.40. The van der Waals surface area contributed by atoms with E-state index < -0.39 is 5.82 Å². The first-order valence-electron chi connectivity index (χ1n) is 10.3. The Balaban J connectivity index is 1.40. The predicted octanol–water partition coefficient (Wildman–Crippen LogP) is 3.40. The first kappa shape index (κ1) is 19.4. The number of fused-ring (bicyclic) bond motifs is 2. The molecular weight excluding hydrogens is 397 g/mol. The molecule has 5 rings (SSSR count). The van der Waals surface area contributed by atoms with Crippen LogP contribution in [-0.2, 0) is 0 Å². The summed E-state index contributed by atoms with van der Waals surface area (Å²) in [6.07, 6.45) is 6.65. The number of carbonyl (C=O) groups excluding carboxylic acids is 1. The van der Waals surface area contributed by atoms with E-state index in [-0.39, 0.29) is 29.4 Å². The summed E-state index contributed by atoms with van der Waals surface area (Å²) < 4.78 is 19.9. The minimum atomic E-state index is -0.501. The molecule has 1 aliphatic heterocycles. The van der Waals surface area contributed by atoms with Gasteiger partial charge in [0, 0.05) is 25.0 Å². The molecule has 2 unspecified atom stereocenters. The van der Waals surface area contributed by atoms with Crippen LogP contribution in [0.1, 0.15) is 23.2 Å². The highest BCUT2D eigenvalue weighted by Gasteiger charge is 2.47. The maximum Gasteiger partial charge on any atom is 0.255 e. The minimum absolute atomic E-state index is 0.0224. The third-order valence-electron chi connectivity index (χ3n) is 6.08. The molecule has 1 aliphatic carbocycles. The molecule has 3 aromatic rings. The third kappa shape index (κ3) is 3.58. The molecule has 1 saturated heterocycles. The number of methoxy groups -OCH3 is 1. The van der Waals surface area contributed by atoms with Crippen molar-refractivity contribution in [3.05, 3.63) is 66.4 Å². The maximum absolute atomic E-state index is 14.7. The van der Waals surface area contributed by atoms with E-state index in [1.807, 2.05) is 17.0 Å². The number of rotatable bonds is 5. The highest BCUT2D eigenvalue weighted by molar-refractivity contribution is 6.00. The van der Waals surface area contributed by atoms with Crippen LogP contribution >= 0.6 is 0 Å². The lowest BCUT2D eigenvalue weighted by Crippen LogP contribution is -2.47. The van der Waals surface area contributed by atoms with Gasteiger partial charge in [0.15, 0.2) is 5.82 Å². The van der Waals surface area contributed by atoms with Crippen LogP contribution in [-0.4, -0.2) is 51.5 Å². The van der Waals surface area contributed by atoms with E-state index in [1.165, 1.54) is 6.07 Å². The summed E-state index contributed by atoms with van der Waals surface area (Å²) >= 11 is 0. The molecule has 1 saturated carbocycles. The zero-order chi connectivity index (χ0) is 21.4. The predicted molar refractivity (Wildman–Crippen MR) is 113 cm³/mol. The largest absolute Gasteiger partial charge is 0.495 e. The van der Waals surface area contributed by atoms with E-state index in [2.05, 4.69) is 20.3 Å². The van der Waals surface area contributed by atoms with Crippen molar-refractivity contribution >= 4 is 11.7 Å². The Morgan fingerprint density at radius 2 is 1.97 bits per heavy atom. The number of nitrogens with one attached hydrogen (secondary N) is 1.